The van der Waals surface area contributed by atoms with Crippen LogP contribution in [0, 0.1) is 6.92 Å². The van der Waals surface area contributed by atoms with Crippen molar-refractivity contribution >= 4 is 21.6 Å². The van der Waals surface area contributed by atoms with Crippen molar-refractivity contribution in [3.05, 3.63) is 54.1 Å². The van der Waals surface area contributed by atoms with Gasteiger partial charge >= 0.3 is 0 Å². The van der Waals surface area contributed by atoms with Crippen LogP contribution in [0.1, 0.15) is 5.56 Å². The first kappa shape index (κ1) is 15.0. The lowest BCUT2D eigenvalue weighted by atomic mass is 10.2. The Labute approximate surface area is 113 Å². The van der Waals surface area contributed by atoms with Gasteiger partial charge in [-0.2, -0.15) is 4.31 Å². The second-order valence-electron chi connectivity index (χ2n) is 3.81. The first-order valence-electron chi connectivity index (χ1n) is 5.41. The van der Waals surface area contributed by atoms with E-state index in [1.807, 2.05) is 0 Å². The third kappa shape index (κ3) is 3.22. The van der Waals surface area contributed by atoms with E-state index in [9.17, 15) is 8.42 Å². The van der Waals surface area contributed by atoms with Gasteiger partial charge in [0.25, 0.3) is 0 Å². The van der Waals surface area contributed by atoms with Crippen molar-refractivity contribution in [2.45, 2.75) is 11.8 Å². The number of aryl methyl sites for hydroxylation is 1. The highest BCUT2D eigenvalue weighted by Gasteiger charge is 2.22. The van der Waals surface area contributed by atoms with Crippen molar-refractivity contribution in [3.63, 3.8) is 0 Å². The molecule has 0 bridgehead atoms. The fourth-order valence-corrected chi connectivity index (χ4v) is 3.07. The molecular formula is C13H16ClNO2S. The van der Waals surface area contributed by atoms with Crippen LogP contribution in [0.3, 0.4) is 0 Å². The molecule has 1 aromatic carbocycles. The van der Waals surface area contributed by atoms with Crippen molar-refractivity contribution < 1.29 is 8.42 Å². The summed E-state index contributed by atoms with van der Waals surface area (Å²) in [7, 11) is -3.53. The predicted octanol–water partition coefficient (Wildman–Crippen LogP) is 3.01. The standard InChI is InChI=1S/C13H16ClNO2S/c1-4-8-15(9-5-2)18(16,17)12-6-7-13(14)11(3)10-12/h4-7,10H,1-2,8-9H2,3H3. The summed E-state index contributed by atoms with van der Waals surface area (Å²) in [6, 6.07) is 4.66. The molecule has 0 aliphatic carbocycles. The third-order valence-electron chi connectivity index (χ3n) is 2.43. The summed E-state index contributed by atoms with van der Waals surface area (Å²) in [5, 5.41) is 0.549. The average molecular weight is 286 g/mol. The van der Waals surface area contributed by atoms with Gasteiger partial charge in [-0.1, -0.05) is 23.8 Å². The summed E-state index contributed by atoms with van der Waals surface area (Å²) in [6.45, 7) is 9.38. The Morgan fingerprint density at radius 2 is 1.83 bits per heavy atom. The van der Waals surface area contributed by atoms with Crippen molar-refractivity contribution in [1.29, 1.82) is 0 Å². The summed E-state index contributed by atoms with van der Waals surface area (Å²) < 4.78 is 26.0. The van der Waals surface area contributed by atoms with Gasteiger partial charge in [-0.05, 0) is 30.7 Å². The van der Waals surface area contributed by atoms with Gasteiger partial charge in [-0.15, -0.1) is 13.2 Å². The van der Waals surface area contributed by atoms with Crippen LogP contribution in [0.2, 0.25) is 5.02 Å². The van der Waals surface area contributed by atoms with Crippen molar-refractivity contribution in [2.24, 2.45) is 0 Å². The van der Waals surface area contributed by atoms with E-state index in [2.05, 4.69) is 13.2 Å². The quantitative estimate of drug-likeness (QED) is 0.754. The molecule has 1 aromatic rings. The SMILES string of the molecule is C=CCN(CC=C)S(=O)(=O)c1ccc(Cl)c(C)c1. The van der Waals surface area contributed by atoms with Gasteiger partial charge in [0.05, 0.1) is 4.90 Å². The zero-order chi connectivity index (χ0) is 13.8. The number of benzene rings is 1. The monoisotopic (exact) mass is 285 g/mol. The van der Waals surface area contributed by atoms with Gasteiger partial charge in [0.1, 0.15) is 0 Å². The average Bonchev–Trinajstić information content (AvgIpc) is 2.32. The van der Waals surface area contributed by atoms with Crippen LogP contribution in [0.4, 0.5) is 0 Å². The van der Waals surface area contributed by atoms with E-state index >= 15 is 0 Å². The van der Waals surface area contributed by atoms with E-state index in [4.69, 9.17) is 11.6 Å². The summed E-state index contributed by atoms with van der Waals surface area (Å²) >= 11 is 5.89. The highest BCUT2D eigenvalue weighted by Crippen LogP contribution is 2.22. The van der Waals surface area contributed by atoms with E-state index in [0.717, 1.165) is 5.56 Å². The number of rotatable bonds is 6. The Hall–Kier alpha value is -1.10. The van der Waals surface area contributed by atoms with Gasteiger partial charge in [0, 0.05) is 18.1 Å². The summed E-state index contributed by atoms with van der Waals surface area (Å²) in [6.07, 6.45) is 3.09. The minimum atomic E-state index is -3.53. The molecule has 18 heavy (non-hydrogen) atoms. The Morgan fingerprint density at radius 1 is 1.28 bits per heavy atom. The molecule has 0 aliphatic heterocycles. The van der Waals surface area contributed by atoms with Gasteiger partial charge < -0.3 is 0 Å². The molecule has 0 amide bonds. The highest BCUT2D eigenvalue weighted by molar-refractivity contribution is 7.89. The van der Waals surface area contributed by atoms with Crippen LogP contribution in [0.15, 0.2) is 48.4 Å². The summed E-state index contributed by atoms with van der Waals surface area (Å²) in [5.74, 6) is 0. The molecule has 0 radical (unpaired) electrons. The van der Waals surface area contributed by atoms with Crippen LogP contribution in [0.25, 0.3) is 0 Å². The minimum Gasteiger partial charge on any atom is -0.207 e. The van der Waals surface area contributed by atoms with Crippen LogP contribution < -0.4 is 0 Å². The fourth-order valence-electron chi connectivity index (χ4n) is 1.49. The van der Waals surface area contributed by atoms with E-state index in [1.165, 1.54) is 10.4 Å². The molecule has 0 saturated heterocycles. The maximum atomic E-state index is 12.4. The topological polar surface area (TPSA) is 37.4 Å². The molecule has 0 unspecified atom stereocenters. The maximum Gasteiger partial charge on any atom is 0.243 e. The van der Waals surface area contributed by atoms with Gasteiger partial charge in [0.15, 0.2) is 0 Å². The lowest BCUT2D eigenvalue weighted by molar-refractivity contribution is 0.474. The lowest BCUT2D eigenvalue weighted by Crippen LogP contribution is -2.31. The largest absolute Gasteiger partial charge is 0.243 e. The number of hydrogen-bond donors (Lipinski definition) is 0. The van der Waals surface area contributed by atoms with E-state index in [1.54, 1.807) is 31.2 Å². The van der Waals surface area contributed by atoms with Crippen LogP contribution in [0.5, 0.6) is 0 Å². The molecular weight excluding hydrogens is 270 g/mol. The number of hydrogen-bond acceptors (Lipinski definition) is 2. The van der Waals surface area contributed by atoms with Gasteiger partial charge in [-0.25, -0.2) is 8.42 Å². The minimum absolute atomic E-state index is 0.230. The first-order valence-corrected chi connectivity index (χ1v) is 7.23. The molecule has 0 aliphatic rings. The molecule has 0 spiro atoms. The Morgan fingerprint density at radius 3 is 2.28 bits per heavy atom. The van der Waals surface area contributed by atoms with Gasteiger partial charge in [0.2, 0.25) is 10.0 Å². The fraction of sp³-hybridized carbons (Fsp3) is 0.231. The smallest absolute Gasteiger partial charge is 0.207 e. The Balaban J connectivity index is 3.21. The second kappa shape index (κ2) is 6.18. The third-order valence-corrected chi connectivity index (χ3v) is 4.68. The second-order valence-corrected chi connectivity index (χ2v) is 6.16. The van der Waals surface area contributed by atoms with E-state index < -0.39 is 10.0 Å². The molecule has 0 atom stereocenters. The maximum absolute atomic E-state index is 12.4. The molecule has 0 aromatic heterocycles. The zero-order valence-corrected chi connectivity index (χ0v) is 11.8. The van der Waals surface area contributed by atoms with E-state index in [-0.39, 0.29) is 18.0 Å². The lowest BCUT2D eigenvalue weighted by Gasteiger charge is -2.19. The number of halogens is 1. The molecule has 98 valence electrons. The first-order chi connectivity index (χ1) is 8.43. The van der Waals surface area contributed by atoms with Crippen molar-refractivity contribution in [2.75, 3.05) is 13.1 Å². The van der Waals surface area contributed by atoms with Crippen LogP contribution in [-0.4, -0.2) is 25.8 Å². The Kier molecular flexibility index (Phi) is 5.14. The zero-order valence-electron chi connectivity index (χ0n) is 10.3. The molecule has 0 heterocycles. The normalized spacial score (nSPS) is 11.5. The molecule has 0 N–H and O–H groups in total. The number of nitrogens with zero attached hydrogens (tertiary/aromatic N) is 1. The molecule has 1 rings (SSSR count). The molecule has 0 saturated carbocycles. The number of sulfonamides is 1. The van der Waals surface area contributed by atoms with Gasteiger partial charge in [-0.3, -0.25) is 0 Å². The Bertz CT molecular complexity index is 542. The van der Waals surface area contributed by atoms with Crippen LogP contribution in [-0.2, 0) is 10.0 Å². The molecule has 3 nitrogen and oxygen atoms in total. The van der Waals surface area contributed by atoms with Crippen molar-refractivity contribution in [1.82, 2.24) is 4.31 Å². The molecule has 0 fully saturated rings. The van der Waals surface area contributed by atoms with Crippen LogP contribution >= 0.6 is 11.6 Å². The summed E-state index contributed by atoms with van der Waals surface area (Å²) in [4.78, 5) is 0.230. The molecule has 5 heteroatoms. The van der Waals surface area contributed by atoms with Crippen molar-refractivity contribution in [3.8, 4) is 0 Å². The highest BCUT2D eigenvalue weighted by atomic mass is 35.5. The summed E-state index contributed by atoms with van der Waals surface area (Å²) in [5.41, 5.74) is 0.731. The predicted molar refractivity (Wildman–Crippen MR) is 75.3 cm³/mol. The van der Waals surface area contributed by atoms with E-state index in [0.29, 0.717) is 5.02 Å².